The highest BCUT2D eigenvalue weighted by Gasteiger charge is 2.40. The van der Waals surface area contributed by atoms with E-state index in [2.05, 4.69) is 11.2 Å². The lowest BCUT2D eigenvalue weighted by Crippen LogP contribution is -2.28. The van der Waals surface area contributed by atoms with Crippen molar-refractivity contribution in [3.63, 3.8) is 0 Å². The van der Waals surface area contributed by atoms with E-state index in [9.17, 15) is 14.9 Å². The van der Waals surface area contributed by atoms with Crippen molar-refractivity contribution < 1.29 is 19.1 Å². The minimum Gasteiger partial charge on any atom is -0.461 e. The number of nitriles is 1. The predicted molar refractivity (Wildman–Crippen MR) is 90.4 cm³/mol. The van der Waals surface area contributed by atoms with E-state index in [1.807, 2.05) is 6.92 Å². The third-order valence-electron chi connectivity index (χ3n) is 4.50. The zero-order chi connectivity index (χ0) is 18.8. The van der Waals surface area contributed by atoms with Crippen LogP contribution in [0.1, 0.15) is 55.2 Å². The molecule has 2 aliphatic rings. The fourth-order valence-electron chi connectivity index (χ4n) is 3.37. The van der Waals surface area contributed by atoms with E-state index in [1.165, 1.54) is 0 Å². The van der Waals surface area contributed by atoms with Gasteiger partial charge in [0.25, 0.3) is 0 Å². The van der Waals surface area contributed by atoms with E-state index in [0.717, 1.165) is 0 Å². The Morgan fingerprint density at radius 3 is 2.92 bits per heavy atom. The number of nitrogens with zero attached hydrogens (tertiary/aromatic N) is 3. The van der Waals surface area contributed by atoms with Gasteiger partial charge in [0.1, 0.15) is 17.4 Å². The van der Waals surface area contributed by atoms with Crippen molar-refractivity contribution in [2.75, 3.05) is 6.61 Å². The molecule has 0 saturated heterocycles. The monoisotopic (exact) mass is 356 g/mol. The molecule has 0 aromatic carbocycles. The quantitative estimate of drug-likeness (QED) is 0.818. The Balaban J connectivity index is 2.16. The molecule has 0 spiro atoms. The number of aromatic nitrogens is 2. The van der Waals surface area contributed by atoms with Crippen LogP contribution in [-0.2, 0) is 20.8 Å². The smallest absolute Gasteiger partial charge is 0.358 e. The van der Waals surface area contributed by atoms with Gasteiger partial charge in [-0.2, -0.15) is 10.4 Å². The summed E-state index contributed by atoms with van der Waals surface area (Å²) in [5.41, 5.74) is 7.23. The molecule has 0 bridgehead atoms. The maximum Gasteiger partial charge on any atom is 0.358 e. The molecule has 0 amide bonds. The fraction of sp³-hybridized carbons (Fsp3) is 0.444. The van der Waals surface area contributed by atoms with Crippen LogP contribution in [0, 0.1) is 11.3 Å². The number of nitrogens with two attached hydrogens (primary N) is 1. The normalized spacial score (nSPS) is 19.7. The van der Waals surface area contributed by atoms with Crippen molar-refractivity contribution in [1.29, 1.82) is 5.26 Å². The minimum absolute atomic E-state index is 0.00696. The van der Waals surface area contributed by atoms with Gasteiger partial charge in [0, 0.05) is 25.0 Å². The number of carbonyl (C=O) groups excluding carboxylic acids is 2. The van der Waals surface area contributed by atoms with Crippen molar-refractivity contribution in [3.05, 3.63) is 40.2 Å². The lowest BCUT2D eigenvalue weighted by atomic mass is 9.79. The second-order valence-corrected chi connectivity index (χ2v) is 6.03. The first kappa shape index (κ1) is 17.7. The highest BCUT2D eigenvalue weighted by molar-refractivity contribution is 5.99. The molecular weight excluding hydrogens is 336 g/mol. The molecular formula is C18H20N4O4. The number of allylic oxidation sites excluding steroid dienone is 3. The van der Waals surface area contributed by atoms with Crippen LogP contribution in [0.2, 0.25) is 0 Å². The summed E-state index contributed by atoms with van der Waals surface area (Å²) >= 11 is 0. The lowest BCUT2D eigenvalue weighted by molar-refractivity contribution is -0.116. The Morgan fingerprint density at radius 1 is 1.50 bits per heavy atom. The third kappa shape index (κ3) is 2.86. The van der Waals surface area contributed by atoms with Crippen LogP contribution in [0.4, 0.5) is 0 Å². The molecule has 8 heteroatoms. The second kappa shape index (κ2) is 7.04. The molecule has 136 valence electrons. The van der Waals surface area contributed by atoms with Gasteiger partial charge < -0.3 is 15.2 Å². The van der Waals surface area contributed by atoms with Crippen LogP contribution >= 0.6 is 0 Å². The summed E-state index contributed by atoms with van der Waals surface area (Å²) in [6.07, 6.45) is 1.66. The van der Waals surface area contributed by atoms with Gasteiger partial charge in [-0.15, -0.1) is 0 Å². The Bertz CT molecular complexity index is 872. The topological polar surface area (TPSA) is 120 Å². The van der Waals surface area contributed by atoms with Crippen LogP contribution < -0.4 is 5.73 Å². The fourth-order valence-corrected chi connectivity index (χ4v) is 3.37. The Kier molecular flexibility index (Phi) is 4.80. The number of aryl methyl sites for hydroxylation is 1. The summed E-state index contributed by atoms with van der Waals surface area (Å²) in [7, 11) is 0. The zero-order valence-corrected chi connectivity index (χ0v) is 14.7. The van der Waals surface area contributed by atoms with Crippen molar-refractivity contribution in [3.8, 4) is 6.07 Å². The lowest BCUT2D eigenvalue weighted by Gasteiger charge is -2.30. The Morgan fingerprint density at radius 2 is 2.27 bits per heavy atom. The number of carbonyl (C=O) groups is 2. The van der Waals surface area contributed by atoms with Gasteiger partial charge in [-0.05, 0) is 26.3 Å². The SMILES string of the molecule is CCOC(=O)c1cc([C@@H]2C(C#N)=C(N)OC3=C2C(=O)CCC3)n(CC)n1. The summed E-state index contributed by atoms with van der Waals surface area (Å²) in [5, 5.41) is 13.9. The minimum atomic E-state index is -0.688. The van der Waals surface area contributed by atoms with Crippen molar-refractivity contribution in [1.82, 2.24) is 9.78 Å². The highest BCUT2D eigenvalue weighted by Crippen LogP contribution is 2.43. The molecule has 3 rings (SSSR count). The average Bonchev–Trinajstić information content (AvgIpc) is 3.05. The van der Waals surface area contributed by atoms with Crippen molar-refractivity contribution in [2.45, 2.75) is 45.6 Å². The number of ketones is 1. The van der Waals surface area contributed by atoms with Crippen molar-refractivity contribution >= 4 is 11.8 Å². The number of esters is 1. The first-order chi connectivity index (χ1) is 12.5. The van der Waals surface area contributed by atoms with Crippen LogP contribution in [0.25, 0.3) is 0 Å². The van der Waals surface area contributed by atoms with E-state index >= 15 is 0 Å². The second-order valence-electron chi connectivity index (χ2n) is 6.03. The van der Waals surface area contributed by atoms with E-state index in [0.29, 0.717) is 42.8 Å². The van der Waals surface area contributed by atoms with Gasteiger partial charge in [-0.1, -0.05) is 0 Å². The first-order valence-electron chi connectivity index (χ1n) is 8.60. The molecule has 1 atom stereocenters. The Hall–Kier alpha value is -3.08. The summed E-state index contributed by atoms with van der Waals surface area (Å²) in [4.78, 5) is 24.7. The standard InChI is InChI=1S/C18H20N4O4/c1-3-22-12(8-11(21-22)18(24)25-4-2)15-10(9-19)17(20)26-14-7-5-6-13(23)16(14)15/h8,15H,3-7,20H2,1-2H3/t15-/m0/s1. The molecule has 0 radical (unpaired) electrons. The summed E-state index contributed by atoms with van der Waals surface area (Å²) < 4.78 is 12.2. The molecule has 8 nitrogen and oxygen atoms in total. The predicted octanol–water partition coefficient (Wildman–Crippen LogP) is 1.89. The number of hydrogen-bond acceptors (Lipinski definition) is 7. The van der Waals surface area contributed by atoms with Gasteiger partial charge in [-0.25, -0.2) is 4.79 Å². The number of rotatable bonds is 4. The van der Waals surface area contributed by atoms with Gasteiger partial charge >= 0.3 is 5.97 Å². The van der Waals surface area contributed by atoms with Crippen LogP contribution in [0.15, 0.2) is 28.9 Å². The molecule has 0 saturated carbocycles. The van der Waals surface area contributed by atoms with Crippen LogP contribution in [0.3, 0.4) is 0 Å². The summed E-state index contributed by atoms with van der Waals surface area (Å²) in [6.45, 7) is 4.26. The van der Waals surface area contributed by atoms with Crippen LogP contribution in [0.5, 0.6) is 0 Å². The molecule has 1 aromatic heterocycles. The van der Waals surface area contributed by atoms with Gasteiger partial charge in [0.05, 0.1) is 18.2 Å². The van der Waals surface area contributed by atoms with E-state index in [4.69, 9.17) is 15.2 Å². The molecule has 1 aromatic rings. The molecule has 0 fully saturated rings. The molecule has 1 aliphatic carbocycles. The largest absolute Gasteiger partial charge is 0.461 e. The average molecular weight is 356 g/mol. The number of hydrogen-bond donors (Lipinski definition) is 1. The maximum atomic E-state index is 12.6. The summed E-state index contributed by atoms with van der Waals surface area (Å²) in [6, 6.07) is 3.62. The maximum absolute atomic E-state index is 12.6. The Labute approximate surface area is 150 Å². The molecule has 0 unspecified atom stereocenters. The van der Waals surface area contributed by atoms with E-state index in [-0.39, 0.29) is 29.5 Å². The van der Waals surface area contributed by atoms with Gasteiger partial charge in [0.2, 0.25) is 5.88 Å². The third-order valence-corrected chi connectivity index (χ3v) is 4.50. The number of ether oxygens (including phenoxy) is 2. The molecule has 1 aliphatic heterocycles. The van der Waals surface area contributed by atoms with E-state index in [1.54, 1.807) is 17.7 Å². The molecule has 2 heterocycles. The van der Waals surface area contributed by atoms with Gasteiger partial charge in [0.15, 0.2) is 11.5 Å². The molecule has 26 heavy (non-hydrogen) atoms. The van der Waals surface area contributed by atoms with E-state index < -0.39 is 11.9 Å². The van der Waals surface area contributed by atoms with Crippen molar-refractivity contribution in [2.24, 2.45) is 5.73 Å². The molecule has 2 N–H and O–H groups in total. The highest BCUT2D eigenvalue weighted by atomic mass is 16.5. The zero-order valence-electron chi connectivity index (χ0n) is 14.7. The number of Topliss-reactive ketones (excluding diaryl/α,β-unsaturated/α-hetero) is 1. The summed E-state index contributed by atoms with van der Waals surface area (Å²) in [5.74, 6) is -0.811. The first-order valence-corrected chi connectivity index (χ1v) is 8.60. The van der Waals surface area contributed by atoms with Gasteiger partial charge in [-0.3, -0.25) is 9.48 Å². The van der Waals surface area contributed by atoms with Crippen LogP contribution in [-0.4, -0.2) is 28.1 Å².